The van der Waals surface area contributed by atoms with E-state index in [-0.39, 0.29) is 11.7 Å². The van der Waals surface area contributed by atoms with E-state index < -0.39 is 11.0 Å². The summed E-state index contributed by atoms with van der Waals surface area (Å²) >= 11 is 7.96. The van der Waals surface area contributed by atoms with E-state index >= 15 is 0 Å². The van der Waals surface area contributed by atoms with Crippen LogP contribution in [0, 0.1) is 6.92 Å². The molecule has 1 spiro atoms. The van der Waals surface area contributed by atoms with Gasteiger partial charge in [0.05, 0.1) is 15.9 Å². The van der Waals surface area contributed by atoms with E-state index in [1.165, 1.54) is 11.3 Å². The number of aromatic hydroxyl groups is 1. The van der Waals surface area contributed by atoms with Crippen molar-refractivity contribution < 1.29 is 9.90 Å². The first kappa shape index (κ1) is 17.5. The third kappa shape index (κ3) is 2.29. The summed E-state index contributed by atoms with van der Waals surface area (Å²) < 4.78 is 0.813. The van der Waals surface area contributed by atoms with Crippen LogP contribution in [0.2, 0.25) is 0 Å². The summed E-state index contributed by atoms with van der Waals surface area (Å²) in [4.78, 5) is 19.1. The molecule has 1 fully saturated rings. The highest BCUT2D eigenvalue weighted by molar-refractivity contribution is 7.22. The zero-order valence-corrected chi connectivity index (χ0v) is 16.8. The molecule has 1 amide bonds. The molecule has 2 atom stereocenters. The van der Waals surface area contributed by atoms with Gasteiger partial charge in [-0.3, -0.25) is 9.69 Å². The van der Waals surface area contributed by atoms with Gasteiger partial charge >= 0.3 is 0 Å². The van der Waals surface area contributed by atoms with E-state index in [4.69, 9.17) is 16.7 Å². The number of benzene rings is 2. The number of hydrogen-bond acceptors (Lipinski definition) is 6. The molecule has 0 radical (unpaired) electrons. The van der Waals surface area contributed by atoms with Crippen LogP contribution >= 0.6 is 22.9 Å². The maximum atomic E-state index is 12.8. The average molecular weight is 413 g/mol. The highest BCUT2D eigenvalue weighted by Crippen LogP contribution is 2.51. The number of rotatable bonds is 2. The zero-order chi connectivity index (χ0) is 19.6. The average Bonchev–Trinajstić information content (AvgIpc) is 3.24. The number of phenolic OH excluding ortho intramolecular Hbond substituents is 1. The molecule has 28 heavy (non-hydrogen) atoms. The molecule has 0 bridgehead atoms. The summed E-state index contributed by atoms with van der Waals surface area (Å²) in [5, 5.41) is 16.1. The Bertz CT molecular complexity index is 1140. The fraction of sp³-hybridized carbons (Fsp3) is 0.250. The number of amides is 1. The minimum Gasteiger partial charge on any atom is -0.508 e. The predicted octanol–water partition coefficient (Wildman–Crippen LogP) is 4.25. The van der Waals surface area contributed by atoms with Gasteiger partial charge in [-0.15, -0.1) is 11.6 Å². The second-order valence-electron chi connectivity index (χ2n) is 7.22. The van der Waals surface area contributed by atoms with Crippen molar-refractivity contribution >= 4 is 55.6 Å². The molecule has 8 heteroatoms. The third-order valence-electron chi connectivity index (χ3n) is 5.21. The number of β-lactam (4-membered cyclic amide) rings is 1. The fourth-order valence-electron chi connectivity index (χ4n) is 3.89. The van der Waals surface area contributed by atoms with Crippen LogP contribution in [0.15, 0.2) is 47.6 Å². The largest absolute Gasteiger partial charge is 0.508 e. The second kappa shape index (κ2) is 5.93. The Kier molecular flexibility index (Phi) is 3.70. The number of anilines is 2. The Morgan fingerprint density at radius 1 is 1.21 bits per heavy atom. The molecule has 3 aromatic rings. The first-order valence-corrected chi connectivity index (χ1v) is 10.1. The molecule has 2 aliphatic rings. The van der Waals surface area contributed by atoms with E-state index in [0.29, 0.717) is 11.6 Å². The van der Waals surface area contributed by atoms with Gasteiger partial charge in [-0.25, -0.2) is 9.99 Å². The number of fused-ring (bicyclic) bond motifs is 1. The number of carbonyl (C=O) groups excluding carboxylic acids is 1. The van der Waals surface area contributed by atoms with Gasteiger partial charge in [0.2, 0.25) is 0 Å². The minimum atomic E-state index is -0.812. The lowest BCUT2D eigenvalue weighted by molar-refractivity contribution is -0.126. The first-order valence-electron chi connectivity index (χ1n) is 8.89. The van der Waals surface area contributed by atoms with Crippen LogP contribution in [0.4, 0.5) is 10.8 Å². The monoisotopic (exact) mass is 412 g/mol. The summed E-state index contributed by atoms with van der Waals surface area (Å²) in [6.07, 6.45) is 0.544. The van der Waals surface area contributed by atoms with E-state index in [0.717, 1.165) is 27.2 Å². The lowest BCUT2D eigenvalue weighted by Gasteiger charge is -2.55. The van der Waals surface area contributed by atoms with Crippen molar-refractivity contribution in [3.8, 4) is 5.75 Å². The van der Waals surface area contributed by atoms with Gasteiger partial charge in [0, 0.05) is 12.1 Å². The van der Waals surface area contributed by atoms with E-state index in [1.54, 1.807) is 23.1 Å². The summed E-state index contributed by atoms with van der Waals surface area (Å²) in [6, 6.07) is 13.0. The Balaban J connectivity index is 1.63. The van der Waals surface area contributed by atoms with Crippen molar-refractivity contribution in [3.63, 3.8) is 0 Å². The number of aromatic nitrogens is 1. The topological polar surface area (TPSA) is 69.0 Å². The molecule has 3 heterocycles. The number of alkyl halides is 1. The predicted molar refractivity (Wildman–Crippen MR) is 113 cm³/mol. The van der Waals surface area contributed by atoms with Gasteiger partial charge in [-0.2, -0.15) is 5.10 Å². The maximum Gasteiger partial charge on any atom is 0.253 e. The zero-order valence-electron chi connectivity index (χ0n) is 15.3. The van der Waals surface area contributed by atoms with Crippen molar-refractivity contribution in [2.24, 2.45) is 5.10 Å². The minimum absolute atomic E-state index is 0.170. The van der Waals surface area contributed by atoms with Gasteiger partial charge in [-0.1, -0.05) is 29.0 Å². The van der Waals surface area contributed by atoms with Crippen LogP contribution in [-0.4, -0.2) is 32.7 Å². The van der Waals surface area contributed by atoms with Gasteiger partial charge in [0.25, 0.3) is 5.91 Å². The van der Waals surface area contributed by atoms with Crippen molar-refractivity contribution in [1.29, 1.82) is 0 Å². The van der Waals surface area contributed by atoms with Crippen LogP contribution in [0.5, 0.6) is 5.75 Å². The molecule has 0 aliphatic carbocycles. The molecule has 1 saturated heterocycles. The number of carbonyl (C=O) groups is 1. The molecule has 2 aliphatic heterocycles. The standard InChI is InChI=1S/C20H17ClN4O2S/c1-11-3-5-13(6-4-11)25-20(10-12(2)23-25)17(21)18(27)24(20)19-22-15-8-7-14(26)9-16(15)28-19/h3-9,17,26H,10H2,1-2H3. The van der Waals surface area contributed by atoms with Crippen LogP contribution in [0.1, 0.15) is 18.9 Å². The maximum absolute atomic E-state index is 12.8. The molecule has 142 valence electrons. The number of hydrazone groups is 1. The summed E-state index contributed by atoms with van der Waals surface area (Å²) in [6.45, 7) is 3.97. The quantitative estimate of drug-likeness (QED) is 0.504. The van der Waals surface area contributed by atoms with Gasteiger partial charge < -0.3 is 5.11 Å². The third-order valence-corrected chi connectivity index (χ3v) is 6.75. The number of nitrogens with zero attached hydrogens (tertiary/aromatic N) is 4. The summed E-state index contributed by atoms with van der Waals surface area (Å²) in [5.41, 5.74) is 2.85. The SMILES string of the molecule is CC1=NN(c2ccc(C)cc2)C2(C1)C(Cl)C(=O)N2c1nc2ccc(O)cc2s1. The second-order valence-corrected chi connectivity index (χ2v) is 8.67. The lowest BCUT2D eigenvalue weighted by atomic mass is 9.88. The fourth-order valence-corrected chi connectivity index (χ4v) is 5.33. The molecule has 1 aromatic heterocycles. The normalized spacial score (nSPS) is 24.2. The Morgan fingerprint density at radius 2 is 1.96 bits per heavy atom. The molecular formula is C20H17ClN4O2S. The number of aryl methyl sites for hydroxylation is 1. The number of halogens is 1. The molecule has 6 nitrogen and oxygen atoms in total. The number of phenols is 1. The Hall–Kier alpha value is -2.64. The number of thiazole rings is 1. The number of hydrogen-bond donors (Lipinski definition) is 1. The van der Waals surface area contributed by atoms with Crippen LogP contribution in [-0.2, 0) is 4.79 Å². The smallest absolute Gasteiger partial charge is 0.253 e. The van der Waals surface area contributed by atoms with Gasteiger partial charge in [0.1, 0.15) is 5.75 Å². The Morgan fingerprint density at radius 3 is 2.71 bits per heavy atom. The van der Waals surface area contributed by atoms with Gasteiger partial charge in [-0.05, 0) is 44.2 Å². The summed E-state index contributed by atoms with van der Waals surface area (Å²) in [7, 11) is 0. The highest BCUT2D eigenvalue weighted by atomic mass is 35.5. The molecule has 2 unspecified atom stereocenters. The molecule has 0 saturated carbocycles. The Labute approximate surface area is 170 Å². The molecule has 5 rings (SSSR count). The van der Waals surface area contributed by atoms with Crippen LogP contribution in [0.25, 0.3) is 10.2 Å². The molecule has 1 N–H and O–H groups in total. The highest BCUT2D eigenvalue weighted by Gasteiger charge is 2.67. The summed E-state index contributed by atoms with van der Waals surface area (Å²) in [5.74, 6) is -0.0177. The van der Waals surface area contributed by atoms with E-state index in [9.17, 15) is 9.90 Å². The lowest BCUT2D eigenvalue weighted by Crippen LogP contribution is -2.78. The van der Waals surface area contributed by atoms with E-state index in [1.807, 2.05) is 43.1 Å². The molecule has 2 aromatic carbocycles. The van der Waals surface area contributed by atoms with Gasteiger partial charge in [0.15, 0.2) is 16.2 Å². The van der Waals surface area contributed by atoms with Crippen molar-refractivity contribution in [2.45, 2.75) is 31.3 Å². The van der Waals surface area contributed by atoms with Crippen LogP contribution in [0.3, 0.4) is 0 Å². The van der Waals surface area contributed by atoms with E-state index in [2.05, 4.69) is 4.98 Å². The molecular weight excluding hydrogens is 396 g/mol. The van der Waals surface area contributed by atoms with Crippen molar-refractivity contribution in [2.75, 3.05) is 9.91 Å². The van der Waals surface area contributed by atoms with Crippen molar-refractivity contribution in [3.05, 3.63) is 48.0 Å². The van der Waals surface area contributed by atoms with Crippen molar-refractivity contribution in [1.82, 2.24) is 4.98 Å². The first-order chi connectivity index (χ1) is 13.4. The van der Waals surface area contributed by atoms with Crippen LogP contribution < -0.4 is 9.91 Å².